The summed E-state index contributed by atoms with van der Waals surface area (Å²) in [5, 5.41) is 22.3. The number of carbonyl (C=O) groups excluding carboxylic acids is 1. The Balaban J connectivity index is 2.81. The fraction of sp³-hybridized carbons (Fsp3) is 0.429. The van der Waals surface area contributed by atoms with Crippen LogP contribution in [0.5, 0.6) is 5.75 Å². The van der Waals surface area contributed by atoms with Gasteiger partial charge in [-0.05, 0) is 26.8 Å². The van der Waals surface area contributed by atoms with Crippen LogP contribution in [0, 0.1) is 10.1 Å². The lowest BCUT2D eigenvalue weighted by Crippen LogP contribution is -2.46. The van der Waals surface area contributed by atoms with E-state index >= 15 is 0 Å². The number of rotatable bonds is 6. The number of amides is 1. The molecule has 0 fully saturated rings. The first-order valence-electron chi connectivity index (χ1n) is 6.78. The molecular weight excluding hydrogens is 344 g/mol. The molecule has 1 atom stereocenters. The first-order chi connectivity index (χ1) is 11.0. The van der Waals surface area contributed by atoms with Gasteiger partial charge in [-0.25, -0.2) is 9.59 Å². The van der Waals surface area contributed by atoms with Crippen molar-refractivity contribution in [1.82, 2.24) is 5.32 Å². The highest BCUT2D eigenvalue weighted by molar-refractivity contribution is 6.30. The van der Waals surface area contributed by atoms with Crippen molar-refractivity contribution in [2.45, 2.75) is 32.4 Å². The molecule has 24 heavy (non-hydrogen) atoms. The van der Waals surface area contributed by atoms with Crippen molar-refractivity contribution < 1.29 is 29.1 Å². The third-order valence-electron chi connectivity index (χ3n) is 2.51. The second-order valence-electron chi connectivity index (χ2n) is 5.72. The van der Waals surface area contributed by atoms with Crippen molar-refractivity contribution in [3.05, 3.63) is 33.3 Å². The Kier molecular flexibility index (Phi) is 6.35. The van der Waals surface area contributed by atoms with Crippen LogP contribution < -0.4 is 10.1 Å². The summed E-state index contributed by atoms with van der Waals surface area (Å²) in [4.78, 5) is 33.1. The number of alkyl carbamates (subject to hydrolysis) is 1. The van der Waals surface area contributed by atoms with E-state index < -0.39 is 35.2 Å². The molecule has 1 unspecified atom stereocenters. The Labute approximate surface area is 142 Å². The summed E-state index contributed by atoms with van der Waals surface area (Å²) in [6.07, 6.45) is -0.945. The number of hydrogen-bond donors (Lipinski definition) is 2. The van der Waals surface area contributed by atoms with E-state index in [0.717, 1.165) is 6.07 Å². The maximum absolute atomic E-state index is 11.6. The van der Waals surface area contributed by atoms with Gasteiger partial charge in [0.25, 0.3) is 0 Å². The molecule has 132 valence electrons. The van der Waals surface area contributed by atoms with E-state index in [2.05, 4.69) is 5.32 Å². The molecule has 1 rings (SSSR count). The average Bonchev–Trinajstić information content (AvgIpc) is 2.40. The predicted octanol–water partition coefficient (Wildman–Crippen LogP) is 2.60. The summed E-state index contributed by atoms with van der Waals surface area (Å²) < 4.78 is 10.1. The number of carboxylic acids is 1. The fourth-order valence-corrected chi connectivity index (χ4v) is 1.71. The highest BCUT2D eigenvalue weighted by Crippen LogP contribution is 2.29. The smallest absolute Gasteiger partial charge is 0.408 e. The highest BCUT2D eigenvalue weighted by Gasteiger charge is 2.26. The average molecular weight is 361 g/mol. The van der Waals surface area contributed by atoms with Crippen LogP contribution in [0.4, 0.5) is 10.5 Å². The second-order valence-corrected chi connectivity index (χ2v) is 6.15. The molecule has 0 aliphatic carbocycles. The molecule has 0 radical (unpaired) electrons. The standard InChI is InChI=1S/C14H17ClN2O7/c1-14(2,3)24-13(20)16-9(12(18)19)7-23-11-6-8(15)4-5-10(11)17(21)22/h4-6,9H,7H2,1-3H3,(H,16,20)(H,18,19). The van der Waals surface area contributed by atoms with Crippen LogP contribution >= 0.6 is 11.6 Å². The number of ether oxygens (including phenoxy) is 2. The third-order valence-corrected chi connectivity index (χ3v) is 2.75. The van der Waals surface area contributed by atoms with Gasteiger partial charge >= 0.3 is 17.7 Å². The molecule has 9 nitrogen and oxygen atoms in total. The number of aliphatic carboxylic acids is 1. The summed E-state index contributed by atoms with van der Waals surface area (Å²) in [5.41, 5.74) is -1.18. The summed E-state index contributed by atoms with van der Waals surface area (Å²) >= 11 is 5.75. The molecule has 1 aromatic rings. The molecule has 0 saturated heterocycles. The number of halogens is 1. The van der Waals surface area contributed by atoms with E-state index in [-0.39, 0.29) is 16.5 Å². The van der Waals surface area contributed by atoms with E-state index in [1.54, 1.807) is 20.8 Å². The Hall–Kier alpha value is -2.55. The number of hydrogen-bond acceptors (Lipinski definition) is 6. The van der Waals surface area contributed by atoms with E-state index in [4.69, 9.17) is 26.2 Å². The molecule has 0 aliphatic heterocycles. The largest absolute Gasteiger partial charge is 0.484 e. The zero-order valence-electron chi connectivity index (χ0n) is 13.2. The molecule has 0 aliphatic rings. The maximum atomic E-state index is 11.6. The Bertz CT molecular complexity index is 643. The zero-order chi connectivity index (χ0) is 18.5. The van der Waals surface area contributed by atoms with E-state index in [1.165, 1.54) is 12.1 Å². The van der Waals surface area contributed by atoms with Gasteiger partial charge in [-0.1, -0.05) is 11.6 Å². The van der Waals surface area contributed by atoms with Crippen molar-refractivity contribution >= 4 is 29.4 Å². The maximum Gasteiger partial charge on any atom is 0.408 e. The molecule has 0 aromatic heterocycles. The van der Waals surface area contributed by atoms with Crippen molar-refractivity contribution in [1.29, 1.82) is 0 Å². The normalized spacial score (nSPS) is 12.2. The van der Waals surface area contributed by atoms with Crippen molar-refractivity contribution in [2.24, 2.45) is 0 Å². The Morgan fingerprint density at radius 3 is 2.54 bits per heavy atom. The SMILES string of the molecule is CC(C)(C)OC(=O)NC(COc1cc(Cl)ccc1[N+](=O)[O-])C(=O)O. The van der Waals surface area contributed by atoms with Crippen molar-refractivity contribution in [3.8, 4) is 5.75 Å². The van der Waals surface area contributed by atoms with E-state index in [9.17, 15) is 19.7 Å². The van der Waals surface area contributed by atoms with Gasteiger partial charge in [0, 0.05) is 17.2 Å². The first-order valence-corrected chi connectivity index (χ1v) is 7.16. The lowest BCUT2D eigenvalue weighted by Gasteiger charge is -2.22. The van der Waals surface area contributed by atoms with Gasteiger partial charge in [0.1, 0.15) is 12.2 Å². The number of nitro groups is 1. The van der Waals surface area contributed by atoms with Crippen LogP contribution in [0.2, 0.25) is 5.02 Å². The number of nitrogens with zero attached hydrogens (tertiary/aromatic N) is 1. The van der Waals surface area contributed by atoms with Crippen molar-refractivity contribution in [3.63, 3.8) is 0 Å². The number of nitrogens with one attached hydrogen (secondary N) is 1. The van der Waals surface area contributed by atoms with E-state index in [0.29, 0.717) is 0 Å². The number of carboxylic acid groups (broad SMARTS) is 1. The quantitative estimate of drug-likeness (QED) is 0.589. The predicted molar refractivity (Wildman–Crippen MR) is 84.4 cm³/mol. The van der Waals surface area contributed by atoms with Gasteiger partial charge in [-0.2, -0.15) is 0 Å². The van der Waals surface area contributed by atoms with Crippen LogP contribution in [0.3, 0.4) is 0 Å². The van der Waals surface area contributed by atoms with Gasteiger partial charge in [-0.15, -0.1) is 0 Å². The van der Waals surface area contributed by atoms with Gasteiger partial charge < -0.3 is 19.9 Å². The van der Waals surface area contributed by atoms with Crippen LogP contribution in [-0.4, -0.2) is 40.3 Å². The van der Waals surface area contributed by atoms with Crippen LogP contribution in [0.1, 0.15) is 20.8 Å². The van der Waals surface area contributed by atoms with Crippen molar-refractivity contribution in [2.75, 3.05) is 6.61 Å². The molecule has 0 saturated carbocycles. The second kappa shape index (κ2) is 7.82. The van der Waals surface area contributed by atoms with Gasteiger partial charge in [0.2, 0.25) is 0 Å². The Morgan fingerprint density at radius 2 is 2.04 bits per heavy atom. The lowest BCUT2D eigenvalue weighted by molar-refractivity contribution is -0.385. The minimum absolute atomic E-state index is 0.183. The van der Waals surface area contributed by atoms with Gasteiger partial charge in [-0.3, -0.25) is 10.1 Å². The molecule has 1 aromatic carbocycles. The molecular formula is C14H17ClN2O7. The highest BCUT2D eigenvalue weighted by atomic mass is 35.5. The van der Waals surface area contributed by atoms with E-state index in [1.807, 2.05) is 0 Å². The van der Waals surface area contributed by atoms with Crippen LogP contribution in [-0.2, 0) is 9.53 Å². The molecule has 1 amide bonds. The van der Waals surface area contributed by atoms with Crippen LogP contribution in [0.15, 0.2) is 18.2 Å². The minimum atomic E-state index is -1.46. The lowest BCUT2D eigenvalue weighted by atomic mass is 10.2. The molecule has 0 heterocycles. The zero-order valence-corrected chi connectivity index (χ0v) is 14.0. The molecule has 0 bridgehead atoms. The number of nitro benzene ring substituents is 1. The Morgan fingerprint density at radius 1 is 1.42 bits per heavy atom. The monoisotopic (exact) mass is 360 g/mol. The number of carbonyl (C=O) groups is 2. The fourth-order valence-electron chi connectivity index (χ4n) is 1.55. The summed E-state index contributed by atoms with van der Waals surface area (Å²) in [7, 11) is 0. The molecule has 0 spiro atoms. The summed E-state index contributed by atoms with van der Waals surface area (Å²) in [5.74, 6) is -1.59. The number of benzene rings is 1. The van der Waals surface area contributed by atoms with Gasteiger partial charge in [0.05, 0.1) is 4.92 Å². The van der Waals surface area contributed by atoms with Gasteiger partial charge in [0.15, 0.2) is 11.8 Å². The molecule has 2 N–H and O–H groups in total. The topological polar surface area (TPSA) is 128 Å². The first kappa shape index (κ1) is 19.5. The summed E-state index contributed by atoms with van der Waals surface area (Å²) in [6.45, 7) is 4.31. The summed E-state index contributed by atoms with van der Waals surface area (Å²) in [6, 6.07) is 2.17. The third kappa shape index (κ3) is 6.29. The van der Waals surface area contributed by atoms with Crippen LogP contribution in [0.25, 0.3) is 0 Å². The minimum Gasteiger partial charge on any atom is -0.484 e. The molecule has 10 heteroatoms.